The van der Waals surface area contributed by atoms with E-state index in [1.807, 2.05) is 13.0 Å². The quantitative estimate of drug-likeness (QED) is 0.516. The van der Waals surface area contributed by atoms with E-state index in [0.717, 1.165) is 22.3 Å². The molecular weight excluding hydrogens is 424 g/mol. The molecule has 1 fully saturated rings. The van der Waals surface area contributed by atoms with Gasteiger partial charge in [-0.15, -0.1) is 0 Å². The molecule has 2 amide bonds. The van der Waals surface area contributed by atoms with Crippen molar-refractivity contribution in [2.75, 3.05) is 20.8 Å². The molecule has 2 aromatic rings. The van der Waals surface area contributed by atoms with E-state index in [4.69, 9.17) is 26.4 Å². The minimum absolute atomic E-state index is 0.242. The average molecular weight is 445 g/mol. The van der Waals surface area contributed by atoms with Crippen LogP contribution < -0.4 is 19.6 Å². The molecule has 1 N–H and O–H groups in total. The summed E-state index contributed by atoms with van der Waals surface area (Å²) >= 11 is 6.38. The number of amides is 2. The molecule has 0 bridgehead atoms. The fourth-order valence-electron chi connectivity index (χ4n) is 2.67. The number of ether oxygens (including phenoxy) is 3. The first-order valence-electron chi connectivity index (χ1n) is 9.00. The SMILES string of the molecule is CCOc1ccc(C=C2SC(=S)N(NC(=O)c3ccc(OC)cc3)C2=O)cc1OC. The minimum Gasteiger partial charge on any atom is -0.497 e. The topological polar surface area (TPSA) is 77.1 Å². The lowest BCUT2D eigenvalue weighted by Crippen LogP contribution is -2.44. The van der Waals surface area contributed by atoms with Gasteiger partial charge in [0.25, 0.3) is 11.8 Å². The van der Waals surface area contributed by atoms with Crippen molar-refractivity contribution >= 4 is 46.2 Å². The molecule has 0 atom stereocenters. The lowest BCUT2D eigenvalue weighted by Gasteiger charge is -2.15. The zero-order valence-electron chi connectivity index (χ0n) is 16.6. The van der Waals surface area contributed by atoms with E-state index in [0.29, 0.717) is 34.3 Å². The van der Waals surface area contributed by atoms with Crippen LogP contribution in [-0.2, 0) is 4.79 Å². The number of hydrogen-bond donors (Lipinski definition) is 1. The predicted molar refractivity (Wildman–Crippen MR) is 120 cm³/mol. The molecule has 30 heavy (non-hydrogen) atoms. The van der Waals surface area contributed by atoms with Crippen molar-refractivity contribution in [2.24, 2.45) is 0 Å². The highest BCUT2D eigenvalue weighted by atomic mass is 32.2. The molecule has 0 aliphatic carbocycles. The Morgan fingerprint density at radius 3 is 2.50 bits per heavy atom. The van der Waals surface area contributed by atoms with E-state index in [1.165, 1.54) is 0 Å². The van der Waals surface area contributed by atoms with Crippen LogP contribution in [0, 0.1) is 0 Å². The van der Waals surface area contributed by atoms with Crippen molar-refractivity contribution < 1.29 is 23.8 Å². The molecule has 2 aromatic carbocycles. The largest absolute Gasteiger partial charge is 0.497 e. The van der Waals surface area contributed by atoms with Crippen LogP contribution in [0.15, 0.2) is 47.4 Å². The Balaban J connectivity index is 1.76. The van der Waals surface area contributed by atoms with Gasteiger partial charge in [0.2, 0.25) is 0 Å². The number of benzene rings is 2. The maximum atomic E-state index is 12.8. The number of rotatable bonds is 7. The number of nitrogens with one attached hydrogen (secondary N) is 1. The summed E-state index contributed by atoms with van der Waals surface area (Å²) in [7, 11) is 3.09. The van der Waals surface area contributed by atoms with Crippen LogP contribution in [0.3, 0.4) is 0 Å². The smallest absolute Gasteiger partial charge is 0.285 e. The van der Waals surface area contributed by atoms with Crippen LogP contribution >= 0.6 is 24.0 Å². The van der Waals surface area contributed by atoms with Crippen LogP contribution in [-0.4, -0.2) is 42.0 Å². The maximum absolute atomic E-state index is 12.8. The number of thioether (sulfide) groups is 1. The van der Waals surface area contributed by atoms with Crippen molar-refractivity contribution in [1.29, 1.82) is 0 Å². The van der Waals surface area contributed by atoms with Crippen LogP contribution in [0.5, 0.6) is 17.2 Å². The van der Waals surface area contributed by atoms with Crippen LogP contribution in [0.4, 0.5) is 0 Å². The summed E-state index contributed by atoms with van der Waals surface area (Å²) in [6.07, 6.45) is 1.69. The van der Waals surface area contributed by atoms with Crippen molar-refractivity contribution in [2.45, 2.75) is 6.92 Å². The fourth-order valence-corrected chi connectivity index (χ4v) is 3.85. The van der Waals surface area contributed by atoms with E-state index in [1.54, 1.807) is 56.7 Å². The summed E-state index contributed by atoms with van der Waals surface area (Å²) in [5.74, 6) is 0.967. The maximum Gasteiger partial charge on any atom is 0.285 e. The molecule has 0 spiro atoms. The third-order valence-corrected chi connectivity index (χ3v) is 5.45. The lowest BCUT2D eigenvalue weighted by atomic mass is 10.2. The number of hydrogen-bond acceptors (Lipinski definition) is 7. The van der Waals surface area contributed by atoms with Crippen LogP contribution in [0.1, 0.15) is 22.8 Å². The minimum atomic E-state index is -0.446. The molecule has 156 valence electrons. The highest BCUT2D eigenvalue weighted by Gasteiger charge is 2.33. The van der Waals surface area contributed by atoms with Gasteiger partial charge in [-0.05, 0) is 67.2 Å². The van der Waals surface area contributed by atoms with E-state index in [9.17, 15) is 9.59 Å². The summed E-state index contributed by atoms with van der Waals surface area (Å²) in [6.45, 7) is 2.40. The molecule has 1 heterocycles. The monoisotopic (exact) mass is 444 g/mol. The first-order valence-corrected chi connectivity index (χ1v) is 10.2. The van der Waals surface area contributed by atoms with Gasteiger partial charge in [-0.25, -0.2) is 0 Å². The van der Waals surface area contributed by atoms with Crippen molar-refractivity contribution in [3.05, 3.63) is 58.5 Å². The number of thiocarbonyl (C=S) groups is 1. The molecule has 1 aliphatic rings. The zero-order valence-corrected chi connectivity index (χ0v) is 18.3. The number of hydrazine groups is 1. The molecule has 0 unspecified atom stereocenters. The first kappa shape index (κ1) is 21.7. The summed E-state index contributed by atoms with van der Waals surface area (Å²) < 4.78 is 16.2. The lowest BCUT2D eigenvalue weighted by molar-refractivity contribution is -0.123. The normalized spacial score (nSPS) is 14.8. The Kier molecular flexibility index (Phi) is 6.96. The van der Waals surface area contributed by atoms with Crippen LogP contribution in [0.25, 0.3) is 6.08 Å². The zero-order chi connectivity index (χ0) is 21.7. The second-order valence-electron chi connectivity index (χ2n) is 6.03. The van der Waals surface area contributed by atoms with Gasteiger partial charge in [0.1, 0.15) is 5.75 Å². The van der Waals surface area contributed by atoms with E-state index < -0.39 is 11.8 Å². The van der Waals surface area contributed by atoms with Gasteiger partial charge in [0.05, 0.1) is 25.7 Å². The molecule has 3 rings (SSSR count). The van der Waals surface area contributed by atoms with Crippen molar-refractivity contribution in [3.63, 3.8) is 0 Å². The molecule has 0 radical (unpaired) electrons. The van der Waals surface area contributed by atoms with Gasteiger partial charge in [-0.1, -0.05) is 17.8 Å². The Bertz CT molecular complexity index is 1000. The molecule has 0 aromatic heterocycles. The second kappa shape index (κ2) is 9.64. The third kappa shape index (κ3) is 4.74. The summed E-state index contributed by atoms with van der Waals surface area (Å²) in [6, 6.07) is 11.9. The molecule has 9 heteroatoms. The Morgan fingerprint density at radius 1 is 1.13 bits per heavy atom. The second-order valence-corrected chi connectivity index (χ2v) is 7.71. The molecule has 7 nitrogen and oxygen atoms in total. The molecule has 1 aliphatic heterocycles. The number of methoxy groups -OCH3 is 2. The van der Waals surface area contributed by atoms with E-state index in [-0.39, 0.29) is 4.32 Å². The Hall–Kier alpha value is -3.04. The van der Waals surface area contributed by atoms with Gasteiger partial charge >= 0.3 is 0 Å². The van der Waals surface area contributed by atoms with Crippen LogP contribution in [0.2, 0.25) is 0 Å². The summed E-state index contributed by atoms with van der Waals surface area (Å²) in [5, 5.41) is 1.07. The highest BCUT2D eigenvalue weighted by Crippen LogP contribution is 2.34. The highest BCUT2D eigenvalue weighted by molar-refractivity contribution is 8.26. The van der Waals surface area contributed by atoms with Gasteiger partial charge < -0.3 is 14.2 Å². The molecular formula is C21H20N2O5S2. The standard InChI is InChI=1S/C21H20N2O5S2/c1-4-28-16-10-5-13(11-17(16)27-3)12-18-20(25)23(21(29)30-18)22-19(24)14-6-8-15(26-2)9-7-14/h5-12H,4H2,1-3H3,(H,22,24). The van der Waals surface area contributed by atoms with Gasteiger partial charge in [0.15, 0.2) is 15.8 Å². The number of carbonyl (C=O) groups is 2. The Morgan fingerprint density at radius 2 is 1.87 bits per heavy atom. The van der Waals surface area contributed by atoms with Crippen molar-refractivity contribution in [1.82, 2.24) is 10.4 Å². The molecule has 0 saturated carbocycles. The van der Waals surface area contributed by atoms with Gasteiger partial charge in [0, 0.05) is 5.56 Å². The van der Waals surface area contributed by atoms with E-state index in [2.05, 4.69) is 5.43 Å². The number of carbonyl (C=O) groups excluding carboxylic acids is 2. The summed E-state index contributed by atoms with van der Waals surface area (Å²) in [4.78, 5) is 25.6. The van der Waals surface area contributed by atoms with E-state index >= 15 is 0 Å². The van der Waals surface area contributed by atoms with Gasteiger partial charge in [-0.3, -0.25) is 15.0 Å². The summed E-state index contributed by atoms with van der Waals surface area (Å²) in [5.41, 5.74) is 3.68. The first-order chi connectivity index (χ1) is 14.5. The average Bonchev–Trinajstić information content (AvgIpc) is 3.02. The predicted octanol–water partition coefficient (Wildman–Crippen LogP) is 3.65. The molecule has 1 saturated heterocycles. The van der Waals surface area contributed by atoms with Crippen molar-refractivity contribution in [3.8, 4) is 17.2 Å². The number of nitrogens with zero attached hydrogens (tertiary/aromatic N) is 1. The Labute approximate surface area is 184 Å². The third-order valence-electron chi connectivity index (χ3n) is 4.14. The fraction of sp³-hybridized carbons (Fsp3) is 0.190. The van der Waals surface area contributed by atoms with Gasteiger partial charge in [-0.2, -0.15) is 5.01 Å².